The van der Waals surface area contributed by atoms with E-state index in [0.29, 0.717) is 11.6 Å². The first-order chi connectivity index (χ1) is 10.0. The van der Waals surface area contributed by atoms with E-state index < -0.39 is 5.97 Å². The molecule has 106 valence electrons. The van der Waals surface area contributed by atoms with Gasteiger partial charge in [-0.1, -0.05) is 6.07 Å². The smallest absolute Gasteiger partial charge is 0.363 e. The molecule has 0 unspecified atom stereocenters. The molecule has 6 heteroatoms. The van der Waals surface area contributed by atoms with Gasteiger partial charge in [0.1, 0.15) is 0 Å². The van der Waals surface area contributed by atoms with E-state index in [1.165, 1.54) is 5.56 Å². The van der Waals surface area contributed by atoms with Crippen molar-refractivity contribution in [3.8, 4) is 0 Å². The van der Waals surface area contributed by atoms with E-state index in [0.717, 1.165) is 17.8 Å². The van der Waals surface area contributed by atoms with Gasteiger partial charge in [0.2, 0.25) is 5.90 Å². The lowest BCUT2D eigenvalue weighted by Gasteiger charge is -2.02. The molecule has 1 aromatic heterocycles. The first kappa shape index (κ1) is 14.9. The summed E-state index contributed by atoms with van der Waals surface area (Å²) in [5, 5.41) is 0. The predicted molar refractivity (Wildman–Crippen MR) is 96.5 cm³/mol. The number of esters is 1. The van der Waals surface area contributed by atoms with E-state index in [1.54, 1.807) is 17.4 Å². The van der Waals surface area contributed by atoms with E-state index in [4.69, 9.17) is 4.74 Å². The number of thiophene rings is 1. The van der Waals surface area contributed by atoms with Crippen molar-refractivity contribution in [1.29, 1.82) is 0 Å². The van der Waals surface area contributed by atoms with Crippen molar-refractivity contribution in [3.63, 3.8) is 0 Å². The maximum Gasteiger partial charge on any atom is 0.363 e. The monoisotopic (exact) mass is 473 g/mol. The highest BCUT2D eigenvalue weighted by Crippen LogP contribution is 2.26. The number of hydrogen-bond donors (Lipinski definition) is 0. The normalized spacial score (nSPS) is 16.2. The third-order valence-corrected chi connectivity index (χ3v) is 5.65. The van der Waals surface area contributed by atoms with Gasteiger partial charge in [-0.3, -0.25) is 0 Å². The molecule has 0 fully saturated rings. The molecule has 21 heavy (non-hydrogen) atoms. The first-order valence-corrected chi connectivity index (χ1v) is 8.76. The number of carbonyl (C=O) groups is 1. The highest BCUT2D eigenvalue weighted by Gasteiger charge is 2.24. The minimum absolute atomic E-state index is 0.329. The SMILES string of the molecule is Cc1ccc(C2=N/C(=C/c3ccc(Br)s3)C(=O)O2)cc1I. The van der Waals surface area contributed by atoms with E-state index in [2.05, 4.69) is 43.5 Å². The highest BCUT2D eigenvalue weighted by molar-refractivity contribution is 14.1. The van der Waals surface area contributed by atoms with Gasteiger partial charge in [-0.2, -0.15) is 0 Å². The maximum absolute atomic E-state index is 11.9. The molecular formula is C15H9BrINO2S. The topological polar surface area (TPSA) is 38.7 Å². The van der Waals surface area contributed by atoms with Crippen LogP contribution in [0.4, 0.5) is 0 Å². The Bertz CT molecular complexity index is 795. The van der Waals surface area contributed by atoms with Gasteiger partial charge in [-0.15, -0.1) is 11.3 Å². The average molecular weight is 474 g/mol. The molecule has 3 nitrogen and oxygen atoms in total. The van der Waals surface area contributed by atoms with Crippen molar-refractivity contribution in [3.05, 3.63) is 59.4 Å². The van der Waals surface area contributed by atoms with E-state index >= 15 is 0 Å². The number of hydrogen-bond acceptors (Lipinski definition) is 4. The zero-order chi connectivity index (χ0) is 15.0. The average Bonchev–Trinajstić information content (AvgIpc) is 3.00. The fourth-order valence-corrected chi connectivity index (χ4v) is 3.68. The van der Waals surface area contributed by atoms with Crippen LogP contribution in [-0.4, -0.2) is 11.9 Å². The number of aliphatic imine (C=N–C) groups is 1. The molecule has 1 aromatic carbocycles. The summed E-state index contributed by atoms with van der Waals surface area (Å²) in [5.74, 6) is -0.0510. The van der Waals surface area contributed by atoms with Crippen LogP contribution < -0.4 is 0 Å². The number of rotatable bonds is 2. The molecule has 0 bridgehead atoms. The Morgan fingerprint density at radius 1 is 1.33 bits per heavy atom. The Hall–Kier alpha value is -0.990. The van der Waals surface area contributed by atoms with Gasteiger partial charge < -0.3 is 4.74 Å². The van der Waals surface area contributed by atoms with Crippen molar-refractivity contribution in [2.75, 3.05) is 0 Å². The molecule has 0 atom stereocenters. The number of cyclic esters (lactones) is 1. The minimum atomic E-state index is -0.412. The highest BCUT2D eigenvalue weighted by atomic mass is 127. The third-order valence-electron chi connectivity index (χ3n) is 2.91. The predicted octanol–water partition coefficient (Wildman–Crippen LogP) is 4.77. The van der Waals surface area contributed by atoms with Crippen molar-refractivity contribution >= 4 is 67.8 Å². The molecule has 1 aliphatic rings. The molecule has 3 rings (SSSR count). The molecule has 0 amide bonds. The maximum atomic E-state index is 11.9. The minimum Gasteiger partial charge on any atom is -0.402 e. The van der Waals surface area contributed by atoms with Gasteiger partial charge in [0, 0.05) is 14.0 Å². The fraction of sp³-hybridized carbons (Fsp3) is 0.0667. The fourth-order valence-electron chi connectivity index (χ4n) is 1.80. The largest absolute Gasteiger partial charge is 0.402 e. The van der Waals surface area contributed by atoms with Crippen LogP contribution in [0.2, 0.25) is 0 Å². The summed E-state index contributed by atoms with van der Waals surface area (Å²) in [6.45, 7) is 2.04. The van der Waals surface area contributed by atoms with Crippen LogP contribution in [0.5, 0.6) is 0 Å². The molecule has 0 saturated carbocycles. The zero-order valence-corrected chi connectivity index (χ0v) is 15.5. The summed E-state index contributed by atoms with van der Waals surface area (Å²) in [5.41, 5.74) is 2.33. The molecule has 0 N–H and O–H groups in total. The first-order valence-electron chi connectivity index (χ1n) is 6.07. The van der Waals surface area contributed by atoms with Gasteiger partial charge >= 0.3 is 5.97 Å². The lowest BCUT2D eigenvalue weighted by atomic mass is 10.1. The van der Waals surface area contributed by atoms with Crippen LogP contribution in [-0.2, 0) is 9.53 Å². The van der Waals surface area contributed by atoms with Crippen LogP contribution in [0, 0.1) is 10.5 Å². The third kappa shape index (κ3) is 3.27. The van der Waals surface area contributed by atoms with Crippen LogP contribution in [0.15, 0.2) is 44.8 Å². The Morgan fingerprint density at radius 3 is 2.81 bits per heavy atom. The quantitative estimate of drug-likeness (QED) is 0.358. The summed E-state index contributed by atoms with van der Waals surface area (Å²) in [6, 6.07) is 9.73. The molecule has 1 aliphatic heterocycles. The lowest BCUT2D eigenvalue weighted by molar-refractivity contribution is -0.129. The summed E-state index contributed by atoms with van der Waals surface area (Å²) in [7, 11) is 0. The molecule has 0 spiro atoms. The molecular weight excluding hydrogens is 465 g/mol. The summed E-state index contributed by atoms with van der Waals surface area (Å²) < 4.78 is 7.39. The molecule has 0 aliphatic carbocycles. The summed E-state index contributed by atoms with van der Waals surface area (Å²) >= 11 is 7.19. The second-order valence-corrected chi connectivity index (χ2v) is 8.10. The number of carbonyl (C=O) groups excluding carboxylic acids is 1. The molecule has 0 radical (unpaired) electrons. The lowest BCUT2D eigenvalue weighted by Crippen LogP contribution is -2.05. The Kier molecular flexibility index (Phi) is 4.28. The number of aryl methyl sites for hydroxylation is 1. The van der Waals surface area contributed by atoms with Crippen molar-refractivity contribution in [2.24, 2.45) is 4.99 Å². The Morgan fingerprint density at radius 2 is 2.14 bits per heavy atom. The van der Waals surface area contributed by atoms with Crippen molar-refractivity contribution in [2.45, 2.75) is 6.92 Å². The molecule has 0 saturated heterocycles. The summed E-state index contributed by atoms with van der Waals surface area (Å²) in [4.78, 5) is 17.2. The van der Waals surface area contributed by atoms with Crippen molar-refractivity contribution in [1.82, 2.24) is 0 Å². The number of benzene rings is 1. The number of nitrogens with zero attached hydrogens (tertiary/aromatic N) is 1. The van der Waals surface area contributed by atoms with E-state index in [1.807, 2.05) is 37.3 Å². The van der Waals surface area contributed by atoms with Gasteiger partial charge in [-0.25, -0.2) is 9.79 Å². The second-order valence-electron chi connectivity index (χ2n) is 4.44. The van der Waals surface area contributed by atoms with Gasteiger partial charge in [0.15, 0.2) is 5.70 Å². The van der Waals surface area contributed by atoms with E-state index in [9.17, 15) is 4.79 Å². The second kappa shape index (κ2) is 6.02. The van der Waals surface area contributed by atoms with E-state index in [-0.39, 0.29) is 0 Å². The number of ether oxygens (including phenoxy) is 1. The van der Waals surface area contributed by atoms with Crippen LogP contribution in [0.1, 0.15) is 16.0 Å². The summed E-state index contributed by atoms with van der Waals surface area (Å²) in [6.07, 6.45) is 1.74. The Balaban J connectivity index is 1.95. The standard InChI is InChI=1S/C15H9BrINO2S/c1-8-2-3-9(6-11(8)17)14-18-12(15(19)20-14)7-10-4-5-13(16)21-10/h2-7H,1H3/b12-7+. The van der Waals surface area contributed by atoms with Crippen LogP contribution in [0.25, 0.3) is 6.08 Å². The van der Waals surface area contributed by atoms with Crippen LogP contribution in [0.3, 0.4) is 0 Å². The van der Waals surface area contributed by atoms with Gasteiger partial charge in [0.05, 0.1) is 3.79 Å². The van der Waals surface area contributed by atoms with Gasteiger partial charge in [0.25, 0.3) is 0 Å². The number of halogens is 2. The van der Waals surface area contributed by atoms with Crippen molar-refractivity contribution < 1.29 is 9.53 Å². The molecule has 2 heterocycles. The van der Waals surface area contributed by atoms with Crippen LogP contribution >= 0.6 is 49.9 Å². The molecule has 2 aromatic rings. The zero-order valence-electron chi connectivity index (χ0n) is 10.9. The Labute approximate surface area is 148 Å². The van der Waals surface area contributed by atoms with Gasteiger partial charge in [-0.05, 0) is 81.3 Å².